The molecule has 0 fully saturated rings. The molecular formula is C20H22N4OS2. The minimum atomic E-state index is 0.598. The maximum atomic E-state index is 11.6. The van der Waals surface area contributed by atoms with Gasteiger partial charge in [-0.15, -0.1) is 23.1 Å². The van der Waals surface area contributed by atoms with E-state index in [-0.39, 0.29) is 0 Å². The Morgan fingerprint density at radius 3 is 2.70 bits per heavy atom. The predicted octanol–water partition coefficient (Wildman–Crippen LogP) is 4.69. The highest BCUT2D eigenvalue weighted by Gasteiger charge is 2.16. The molecule has 0 N–H and O–H groups in total. The molecule has 0 aliphatic carbocycles. The maximum Gasteiger partial charge on any atom is 0.162 e. The molecule has 0 amide bonds. The molecule has 0 radical (unpaired) electrons. The van der Waals surface area contributed by atoms with Crippen LogP contribution in [0.4, 0.5) is 11.4 Å². The normalized spacial score (nSPS) is 11.3. The number of thiophene rings is 1. The maximum absolute atomic E-state index is 11.6. The van der Waals surface area contributed by atoms with Gasteiger partial charge in [0.1, 0.15) is 4.83 Å². The average molecular weight is 399 g/mol. The van der Waals surface area contributed by atoms with Crippen LogP contribution in [-0.2, 0) is 6.54 Å². The van der Waals surface area contributed by atoms with Gasteiger partial charge < -0.3 is 9.80 Å². The summed E-state index contributed by atoms with van der Waals surface area (Å²) in [7, 11) is 5.94. The average Bonchev–Trinajstić information content (AvgIpc) is 3.04. The van der Waals surface area contributed by atoms with Crippen LogP contribution < -0.4 is 4.90 Å². The van der Waals surface area contributed by atoms with Crippen LogP contribution in [0.3, 0.4) is 0 Å². The van der Waals surface area contributed by atoms with Gasteiger partial charge in [-0.05, 0) is 24.0 Å². The standard InChI is InChI=1S/C20H22N4OS2/c1-23(2)15-9-10-21-20-18(15)19(17(12-25)27-20)22-13-24(3)11-14-7-5-6-8-16(14)26-4/h5-10,12-13H,11H2,1-4H3. The van der Waals surface area contributed by atoms with Gasteiger partial charge >= 0.3 is 0 Å². The van der Waals surface area contributed by atoms with Crippen molar-refractivity contribution in [2.75, 3.05) is 32.3 Å². The van der Waals surface area contributed by atoms with Gasteiger partial charge in [-0.1, -0.05) is 18.2 Å². The van der Waals surface area contributed by atoms with Gasteiger partial charge in [-0.3, -0.25) is 4.79 Å². The summed E-state index contributed by atoms with van der Waals surface area (Å²) in [5.41, 5.74) is 2.94. The Balaban J connectivity index is 1.94. The Morgan fingerprint density at radius 2 is 2.00 bits per heavy atom. The van der Waals surface area contributed by atoms with Crippen molar-refractivity contribution in [3.63, 3.8) is 0 Å². The van der Waals surface area contributed by atoms with Gasteiger partial charge in [0.25, 0.3) is 0 Å². The minimum Gasteiger partial charge on any atom is -0.377 e. The fraction of sp³-hybridized carbons (Fsp3) is 0.250. The number of anilines is 1. The van der Waals surface area contributed by atoms with E-state index < -0.39 is 0 Å². The molecule has 140 valence electrons. The minimum absolute atomic E-state index is 0.598. The predicted molar refractivity (Wildman–Crippen MR) is 117 cm³/mol. The third-order valence-corrected chi connectivity index (χ3v) is 6.01. The monoisotopic (exact) mass is 398 g/mol. The lowest BCUT2D eigenvalue weighted by Gasteiger charge is -2.16. The molecule has 27 heavy (non-hydrogen) atoms. The van der Waals surface area contributed by atoms with E-state index in [0.717, 1.165) is 28.7 Å². The number of nitrogens with zero attached hydrogens (tertiary/aromatic N) is 4. The van der Waals surface area contributed by atoms with Gasteiger partial charge in [0, 0.05) is 38.8 Å². The van der Waals surface area contributed by atoms with Crippen molar-refractivity contribution in [2.45, 2.75) is 11.4 Å². The molecule has 0 atom stereocenters. The third kappa shape index (κ3) is 4.14. The molecular weight excluding hydrogens is 376 g/mol. The molecule has 0 saturated carbocycles. The Morgan fingerprint density at radius 1 is 1.22 bits per heavy atom. The summed E-state index contributed by atoms with van der Waals surface area (Å²) >= 11 is 3.11. The molecule has 5 nitrogen and oxygen atoms in total. The summed E-state index contributed by atoms with van der Waals surface area (Å²) in [6, 6.07) is 10.3. The largest absolute Gasteiger partial charge is 0.377 e. The van der Waals surface area contributed by atoms with Crippen molar-refractivity contribution in [3.05, 3.63) is 47.0 Å². The zero-order chi connectivity index (χ0) is 19.4. The van der Waals surface area contributed by atoms with Crippen LogP contribution in [0.2, 0.25) is 0 Å². The number of carbonyl (C=O) groups excluding carboxylic acids is 1. The summed E-state index contributed by atoms with van der Waals surface area (Å²) < 4.78 is 0. The van der Waals surface area contributed by atoms with Crippen LogP contribution in [0.1, 0.15) is 15.2 Å². The van der Waals surface area contributed by atoms with E-state index >= 15 is 0 Å². The first-order chi connectivity index (χ1) is 13.0. The number of hydrogen-bond donors (Lipinski definition) is 0. The summed E-state index contributed by atoms with van der Waals surface area (Å²) in [5, 5.41) is 0.920. The number of pyridine rings is 1. The zero-order valence-electron chi connectivity index (χ0n) is 15.8. The highest BCUT2D eigenvalue weighted by molar-refractivity contribution is 7.98. The van der Waals surface area contributed by atoms with Crippen LogP contribution in [0.25, 0.3) is 10.2 Å². The van der Waals surface area contributed by atoms with Gasteiger partial charge in [-0.25, -0.2) is 9.98 Å². The second-order valence-corrected chi connectivity index (χ2v) is 8.19. The zero-order valence-corrected chi connectivity index (χ0v) is 17.5. The molecule has 0 spiro atoms. The smallest absolute Gasteiger partial charge is 0.162 e. The molecule has 3 aromatic rings. The van der Waals surface area contributed by atoms with Crippen molar-refractivity contribution in [1.29, 1.82) is 0 Å². The van der Waals surface area contributed by atoms with Crippen molar-refractivity contribution in [3.8, 4) is 0 Å². The van der Waals surface area contributed by atoms with Gasteiger partial charge in [0.15, 0.2) is 6.29 Å². The number of carbonyl (C=O) groups is 1. The quantitative estimate of drug-likeness (QED) is 0.250. The summed E-state index contributed by atoms with van der Waals surface area (Å²) in [6.45, 7) is 0.748. The highest BCUT2D eigenvalue weighted by atomic mass is 32.2. The third-order valence-electron chi connectivity index (χ3n) is 4.16. The number of thioether (sulfide) groups is 1. The van der Waals surface area contributed by atoms with Gasteiger partial charge in [0.2, 0.25) is 0 Å². The van der Waals surface area contributed by atoms with Crippen molar-refractivity contribution in [2.24, 2.45) is 4.99 Å². The molecule has 1 aromatic carbocycles. The SMILES string of the molecule is CSc1ccccc1CN(C)C=Nc1c(C=O)sc2nccc(N(C)C)c12. The number of aromatic nitrogens is 1. The Labute approximate surface area is 167 Å². The number of benzene rings is 1. The fourth-order valence-corrected chi connectivity index (χ4v) is 4.42. The van der Waals surface area contributed by atoms with Gasteiger partial charge in [0.05, 0.1) is 28.0 Å². The van der Waals surface area contributed by atoms with Crippen molar-refractivity contribution in [1.82, 2.24) is 9.88 Å². The molecule has 2 heterocycles. The molecule has 0 aliphatic rings. The molecule has 0 bridgehead atoms. The topological polar surface area (TPSA) is 48.8 Å². The lowest BCUT2D eigenvalue weighted by molar-refractivity contribution is 0.112. The molecule has 2 aromatic heterocycles. The number of aliphatic imine (C=N–C) groups is 1. The van der Waals surface area contributed by atoms with Crippen molar-refractivity contribution < 1.29 is 4.79 Å². The molecule has 0 saturated heterocycles. The van der Waals surface area contributed by atoms with E-state index in [1.807, 2.05) is 49.1 Å². The number of aldehydes is 1. The first-order valence-corrected chi connectivity index (χ1v) is 10.5. The molecule has 0 aliphatic heterocycles. The van der Waals surface area contributed by atoms with Crippen LogP contribution >= 0.6 is 23.1 Å². The lowest BCUT2D eigenvalue weighted by atomic mass is 10.2. The Kier molecular flexibility index (Phi) is 6.13. The number of rotatable bonds is 7. The number of hydrogen-bond acceptors (Lipinski definition) is 6. The van der Waals surface area contributed by atoms with Crippen LogP contribution in [0.15, 0.2) is 46.4 Å². The highest BCUT2D eigenvalue weighted by Crippen LogP contribution is 2.40. The fourth-order valence-electron chi connectivity index (χ4n) is 2.89. The second-order valence-electron chi connectivity index (χ2n) is 6.31. The van der Waals surface area contributed by atoms with E-state index in [9.17, 15) is 4.79 Å². The molecule has 3 rings (SSSR count). The summed E-state index contributed by atoms with van der Waals surface area (Å²) in [6.07, 6.45) is 6.50. The van der Waals surface area contributed by atoms with E-state index in [1.165, 1.54) is 21.8 Å². The van der Waals surface area contributed by atoms with E-state index in [1.54, 1.807) is 24.3 Å². The Bertz CT molecular complexity index is 981. The van der Waals surface area contributed by atoms with E-state index in [4.69, 9.17) is 0 Å². The van der Waals surface area contributed by atoms with Gasteiger partial charge in [-0.2, -0.15) is 0 Å². The van der Waals surface area contributed by atoms with Crippen molar-refractivity contribution >= 4 is 57.3 Å². The van der Waals surface area contributed by atoms with Crippen LogP contribution in [0.5, 0.6) is 0 Å². The summed E-state index contributed by atoms with van der Waals surface area (Å²) in [5.74, 6) is 0. The van der Waals surface area contributed by atoms with Crippen LogP contribution in [-0.4, -0.2) is 49.9 Å². The molecule has 0 unspecified atom stereocenters. The first-order valence-electron chi connectivity index (χ1n) is 8.45. The first kappa shape index (κ1) is 19.4. The summed E-state index contributed by atoms with van der Waals surface area (Å²) in [4.78, 5) is 27.4. The van der Waals surface area contributed by atoms with E-state index in [0.29, 0.717) is 10.6 Å². The lowest BCUT2D eigenvalue weighted by Crippen LogP contribution is -2.15. The number of fused-ring (bicyclic) bond motifs is 1. The van der Waals surface area contributed by atoms with E-state index in [2.05, 4.69) is 28.4 Å². The molecule has 7 heteroatoms. The van der Waals surface area contributed by atoms with Crippen LogP contribution in [0, 0.1) is 0 Å². The second kappa shape index (κ2) is 8.54. The Hall–Kier alpha value is -2.38.